The number of Topliss-reactive ketones (excluding diaryl/α,β-unsaturated/α-hetero) is 1. The molecule has 158 valence electrons. The van der Waals surface area contributed by atoms with E-state index in [0.717, 1.165) is 38.5 Å². The summed E-state index contributed by atoms with van der Waals surface area (Å²) < 4.78 is 5.56. The van der Waals surface area contributed by atoms with Crippen molar-refractivity contribution < 1.29 is 19.4 Å². The Morgan fingerprint density at radius 3 is 2.36 bits per heavy atom. The molecule has 0 amide bonds. The molecule has 0 aromatic rings. The predicted molar refractivity (Wildman–Crippen MR) is 111 cm³/mol. The Balaban J connectivity index is 1.59. The van der Waals surface area contributed by atoms with Gasteiger partial charge in [-0.25, -0.2) is 0 Å². The van der Waals surface area contributed by atoms with E-state index in [2.05, 4.69) is 29.8 Å². The van der Waals surface area contributed by atoms with Crippen LogP contribution in [0.25, 0.3) is 0 Å². The zero-order valence-corrected chi connectivity index (χ0v) is 19.3. The molecule has 4 rings (SSSR count). The van der Waals surface area contributed by atoms with Gasteiger partial charge < -0.3 is 9.84 Å². The fraction of sp³-hybridized carbons (Fsp3) is 0.913. The summed E-state index contributed by atoms with van der Waals surface area (Å²) >= 11 is 3.70. The van der Waals surface area contributed by atoms with E-state index < -0.39 is 5.60 Å². The molecule has 0 heterocycles. The van der Waals surface area contributed by atoms with Gasteiger partial charge >= 0.3 is 5.97 Å². The van der Waals surface area contributed by atoms with Crippen LogP contribution in [0.2, 0.25) is 0 Å². The number of rotatable bonds is 2. The van der Waals surface area contributed by atoms with Gasteiger partial charge in [0.1, 0.15) is 11.7 Å². The normalized spacial score (nSPS) is 52.9. The number of halogens is 1. The standard InChI is InChI=1S/C23H35BrO4/c1-13(25)23(27)20(24)12-19-17-6-5-15-11-16(28-14(2)26)7-9-21(15,3)18(17)8-10-22(19,23)4/h15-20,27H,5-12H2,1-4H3/t15-,16-,17-,18+,19+,20-,21-,22-,23-/m1/s1. The molecule has 0 radical (unpaired) electrons. The number of aliphatic hydroxyl groups is 1. The molecular formula is C23H35BrO4. The maximum absolute atomic E-state index is 12.5. The topological polar surface area (TPSA) is 63.6 Å². The quantitative estimate of drug-likeness (QED) is 0.486. The highest BCUT2D eigenvalue weighted by Gasteiger charge is 2.69. The van der Waals surface area contributed by atoms with Crippen LogP contribution in [0.4, 0.5) is 0 Å². The summed E-state index contributed by atoms with van der Waals surface area (Å²) in [6.45, 7) is 7.71. The molecule has 4 aliphatic rings. The first-order valence-corrected chi connectivity index (χ1v) is 12.0. The largest absolute Gasteiger partial charge is 0.463 e. The van der Waals surface area contributed by atoms with E-state index in [4.69, 9.17) is 4.74 Å². The maximum Gasteiger partial charge on any atom is 0.302 e. The second kappa shape index (κ2) is 6.80. The second-order valence-electron chi connectivity index (χ2n) is 10.6. The van der Waals surface area contributed by atoms with E-state index in [9.17, 15) is 14.7 Å². The van der Waals surface area contributed by atoms with Crippen molar-refractivity contribution in [3.63, 3.8) is 0 Å². The number of hydrogen-bond donors (Lipinski definition) is 1. The lowest BCUT2D eigenvalue weighted by atomic mass is 9.44. The van der Waals surface area contributed by atoms with Crippen LogP contribution >= 0.6 is 15.9 Å². The van der Waals surface area contributed by atoms with Gasteiger partial charge in [0, 0.05) is 12.3 Å². The van der Waals surface area contributed by atoms with Crippen molar-refractivity contribution in [2.45, 2.75) is 95.6 Å². The minimum absolute atomic E-state index is 0.0837. The first-order valence-electron chi connectivity index (χ1n) is 11.1. The van der Waals surface area contributed by atoms with Crippen molar-refractivity contribution >= 4 is 27.7 Å². The van der Waals surface area contributed by atoms with Crippen molar-refractivity contribution in [3.05, 3.63) is 0 Å². The zero-order chi connectivity index (χ0) is 20.5. The third-order valence-corrected chi connectivity index (χ3v) is 10.7. The average molecular weight is 455 g/mol. The molecule has 5 heteroatoms. The van der Waals surface area contributed by atoms with Crippen LogP contribution in [-0.2, 0) is 14.3 Å². The number of carbonyl (C=O) groups is 2. The molecule has 28 heavy (non-hydrogen) atoms. The van der Waals surface area contributed by atoms with Gasteiger partial charge in [-0.2, -0.15) is 0 Å². The highest BCUT2D eigenvalue weighted by molar-refractivity contribution is 9.09. The Hall–Kier alpha value is -0.420. The lowest BCUT2D eigenvalue weighted by Gasteiger charge is -2.61. The van der Waals surface area contributed by atoms with Crippen LogP contribution in [0.1, 0.15) is 79.1 Å². The van der Waals surface area contributed by atoms with E-state index in [1.54, 1.807) is 6.92 Å². The van der Waals surface area contributed by atoms with Gasteiger partial charge in [-0.05, 0) is 87.4 Å². The SMILES string of the molecule is CC(=O)O[C@@H]1CC[C@]2(C)[C@H](CC[C@@H]3[C@@H]2CC[C@]2(C)[C@H]3C[C@@H](Br)[C@]2(O)C(C)=O)C1. The van der Waals surface area contributed by atoms with Crippen LogP contribution in [-0.4, -0.2) is 33.4 Å². The molecule has 4 nitrogen and oxygen atoms in total. The molecule has 4 saturated carbocycles. The Bertz CT molecular complexity index is 680. The number of hydrogen-bond acceptors (Lipinski definition) is 4. The van der Waals surface area contributed by atoms with Gasteiger partial charge in [0.05, 0.1) is 4.83 Å². The monoisotopic (exact) mass is 454 g/mol. The van der Waals surface area contributed by atoms with Crippen molar-refractivity contribution in [1.82, 2.24) is 0 Å². The van der Waals surface area contributed by atoms with Crippen LogP contribution in [0.3, 0.4) is 0 Å². The first kappa shape index (κ1) is 20.8. The smallest absolute Gasteiger partial charge is 0.302 e. The summed E-state index contributed by atoms with van der Waals surface area (Å²) in [5, 5.41) is 11.5. The lowest BCUT2D eigenvalue weighted by Crippen LogP contribution is -2.60. The number of alkyl halides is 1. The number of fused-ring (bicyclic) bond motifs is 5. The zero-order valence-electron chi connectivity index (χ0n) is 17.7. The molecule has 0 aliphatic heterocycles. The molecule has 0 spiro atoms. The van der Waals surface area contributed by atoms with Gasteiger partial charge in [0.15, 0.2) is 5.78 Å². The summed E-state index contributed by atoms with van der Waals surface area (Å²) in [5.74, 6) is 2.00. The molecule has 0 bridgehead atoms. The number of esters is 1. The molecular weight excluding hydrogens is 420 g/mol. The van der Waals surface area contributed by atoms with Gasteiger partial charge in [-0.15, -0.1) is 0 Å². The van der Waals surface area contributed by atoms with Gasteiger partial charge in [0.25, 0.3) is 0 Å². The number of carbonyl (C=O) groups excluding carboxylic acids is 2. The van der Waals surface area contributed by atoms with Crippen molar-refractivity contribution in [1.29, 1.82) is 0 Å². The van der Waals surface area contributed by atoms with E-state index in [1.165, 1.54) is 19.8 Å². The molecule has 1 N–H and O–H groups in total. The van der Waals surface area contributed by atoms with Gasteiger partial charge in [-0.1, -0.05) is 29.8 Å². The first-order chi connectivity index (χ1) is 13.0. The molecule has 0 unspecified atom stereocenters. The van der Waals surface area contributed by atoms with Crippen molar-refractivity contribution in [2.24, 2.45) is 34.5 Å². The fourth-order valence-electron chi connectivity index (χ4n) is 8.16. The van der Waals surface area contributed by atoms with E-state index in [1.807, 2.05) is 0 Å². The summed E-state index contributed by atoms with van der Waals surface area (Å²) in [6.07, 6.45) is 8.43. The van der Waals surface area contributed by atoms with E-state index in [0.29, 0.717) is 29.1 Å². The Kier molecular flexibility index (Phi) is 5.06. The molecule has 0 aromatic heterocycles. The van der Waals surface area contributed by atoms with E-state index in [-0.39, 0.29) is 28.1 Å². The van der Waals surface area contributed by atoms with E-state index >= 15 is 0 Å². The summed E-state index contributed by atoms with van der Waals surface area (Å²) in [7, 11) is 0. The Morgan fingerprint density at radius 2 is 1.71 bits per heavy atom. The summed E-state index contributed by atoms with van der Waals surface area (Å²) in [5.41, 5.74) is -1.28. The third kappa shape index (κ3) is 2.71. The predicted octanol–water partition coefficient (Wildman–Crippen LogP) is 4.65. The van der Waals surface area contributed by atoms with Crippen molar-refractivity contribution in [3.8, 4) is 0 Å². The van der Waals surface area contributed by atoms with Crippen molar-refractivity contribution in [2.75, 3.05) is 0 Å². The highest BCUT2D eigenvalue weighted by atomic mass is 79.9. The number of ether oxygens (including phenoxy) is 1. The van der Waals surface area contributed by atoms with Gasteiger partial charge in [0.2, 0.25) is 0 Å². The molecule has 4 aliphatic carbocycles. The number of ketones is 1. The van der Waals surface area contributed by atoms with Crippen LogP contribution < -0.4 is 0 Å². The maximum atomic E-state index is 12.5. The fourth-order valence-corrected chi connectivity index (χ4v) is 9.41. The molecule has 9 atom stereocenters. The second-order valence-corrected chi connectivity index (χ2v) is 11.8. The lowest BCUT2D eigenvalue weighted by molar-refractivity contribution is -0.174. The average Bonchev–Trinajstić information content (AvgIpc) is 2.83. The van der Waals surface area contributed by atoms with Crippen LogP contribution in [0.5, 0.6) is 0 Å². The van der Waals surface area contributed by atoms with Crippen LogP contribution in [0, 0.1) is 34.5 Å². The Labute approximate surface area is 177 Å². The summed E-state index contributed by atoms with van der Waals surface area (Å²) in [6, 6.07) is 0. The minimum atomic E-state index is -1.24. The van der Waals surface area contributed by atoms with Gasteiger partial charge in [-0.3, -0.25) is 9.59 Å². The highest BCUT2D eigenvalue weighted by Crippen LogP contribution is 2.69. The summed E-state index contributed by atoms with van der Waals surface area (Å²) in [4.78, 5) is 23.8. The molecule has 4 fully saturated rings. The Morgan fingerprint density at radius 1 is 1.00 bits per heavy atom. The molecule has 0 aromatic carbocycles. The molecule has 0 saturated heterocycles. The minimum Gasteiger partial charge on any atom is -0.463 e. The third-order valence-electron chi connectivity index (χ3n) is 9.66. The van der Waals surface area contributed by atoms with Crippen LogP contribution in [0.15, 0.2) is 0 Å².